The molecule has 0 heterocycles. The van der Waals surface area contributed by atoms with Gasteiger partial charge in [0.1, 0.15) is 11.5 Å². The van der Waals surface area contributed by atoms with Crippen molar-refractivity contribution in [3.05, 3.63) is 48.0 Å². The van der Waals surface area contributed by atoms with E-state index >= 15 is 0 Å². The second-order valence-electron chi connectivity index (χ2n) is 4.67. The lowest BCUT2D eigenvalue weighted by molar-refractivity contribution is 0.193. The summed E-state index contributed by atoms with van der Waals surface area (Å²) in [6, 6.07) is 7.88. The number of hydrogen-bond acceptors (Lipinski definition) is 3. The predicted octanol–water partition coefficient (Wildman–Crippen LogP) is 3.64. The summed E-state index contributed by atoms with van der Waals surface area (Å²) in [6.07, 6.45) is 1.78. The Bertz CT molecular complexity index is 630. The molecule has 2 aromatic rings. The molecule has 3 nitrogen and oxygen atoms in total. The van der Waals surface area contributed by atoms with Crippen LogP contribution in [0.4, 0.5) is 0 Å². The fourth-order valence-corrected chi connectivity index (χ4v) is 2.69. The van der Waals surface area contributed by atoms with E-state index in [1.165, 1.54) is 0 Å². The van der Waals surface area contributed by atoms with Crippen LogP contribution in [0.2, 0.25) is 0 Å². The second-order valence-corrected chi connectivity index (χ2v) is 4.67. The Morgan fingerprint density at radius 1 is 1.15 bits per heavy atom. The first-order valence-electron chi connectivity index (χ1n) is 6.60. The van der Waals surface area contributed by atoms with Crippen LogP contribution in [-0.4, -0.2) is 19.3 Å². The number of benzene rings is 2. The van der Waals surface area contributed by atoms with Gasteiger partial charge in [-0.2, -0.15) is 0 Å². The molecule has 20 heavy (non-hydrogen) atoms. The molecule has 1 unspecified atom stereocenters. The lowest BCUT2D eigenvalue weighted by Gasteiger charge is -2.21. The minimum absolute atomic E-state index is 0.616. The highest BCUT2D eigenvalue weighted by atomic mass is 16.5. The number of aliphatic hydroxyl groups excluding tert-OH is 1. The van der Waals surface area contributed by atoms with E-state index in [1.54, 1.807) is 27.2 Å². The van der Waals surface area contributed by atoms with Gasteiger partial charge in [0, 0.05) is 21.9 Å². The van der Waals surface area contributed by atoms with Gasteiger partial charge < -0.3 is 14.6 Å². The summed E-state index contributed by atoms with van der Waals surface area (Å²) in [5, 5.41) is 12.1. The topological polar surface area (TPSA) is 38.7 Å². The van der Waals surface area contributed by atoms with E-state index in [0.29, 0.717) is 12.2 Å². The molecule has 0 spiro atoms. The summed E-state index contributed by atoms with van der Waals surface area (Å²) in [7, 11) is 3.27. The molecule has 0 amide bonds. The van der Waals surface area contributed by atoms with Crippen molar-refractivity contribution in [2.24, 2.45) is 0 Å². The highest BCUT2D eigenvalue weighted by molar-refractivity contribution is 5.96. The molecule has 2 aromatic carbocycles. The lowest BCUT2D eigenvalue weighted by atomic mass is 9.93. The third-order valence-electron chi connectivity index (χ3n) is 3.43. The maximum atomic E-state index is 10.2. The summed E-state index contributed by atoms with van der Waals surface area (Å²) in [4.78, 5) is 0. The van der Waals surface area contributed by atoms with Gasteiger partial charge in [-0.05, 0) is 13.3 Å². The van der Waals surface area contributed by atoms with Crippen LogP contribution in [0.3, 0.4) is 0 Å². The number of ether oxygens (including phenoxy) is 2. The van der Waals surface area contributed by atoms with Crippen molar-refractivity contribution >= 4 is 10.8 Å². The monoisotopic (exact) mass is 272 g/mol. The number of methoxy groups -OCH3 is 2. The first-order chi connectivity index (χ1) is 9.65. The van der Waals surface area contributed by atoms with E-state index in [4.69, 9.17) is 9.47 Å². The van der Waals surface area contributed by atoms with Crippen LogP contribution in [0.1, 0.15) is 24.2 Å². The van der Waals surface area contributed by atoms with Gasteiger partial charge in [-0.25, -0.2) is 0 Å². The first-order valence-corrected chi connectivity index (χ1v) is 6.60. The van der Waals surface area contributed by atoms with Crippen molar-refractivity contribution in [3.8, 4) is 11.5 Å². The molecule has 0 aromatic heterocycles. The SMILES string of the molecule is C=CCc1c(C(C)O)c(OC)c2ccccc2c1OC. The number of fused-ring (bicyclic) bond motifs is 1. The van der Waals surface area contributed by atoms with Crippen molar-refractivity contribution in [3.63, 3.8) is 0 Å². The molecule has 3 heteroatoms. The first kappa shape index (κ1) is 14.4. The van der Waals surface area contributed by atoms with Crippen molar-refractivity contribution in [2.45, 2.75) is 19.4 Å². The quantitative estimate of drug-likeness (QED) is 0.845. The fraction of sp³-hybridized carbons (Fsp3) is 0.294. The smallest absolute Gasteiger partial charge is 0.133 e. The largest absolute Gasteiger partial charge is 0.496 e. The molecule has 0 aliphatic heterocycles. The average molecular weight is 272 g/mol. The molecule has 0 saturated heterocycles. The molecule has 2 rings (SSSR count). The van der Waals surface area contributed by atoms with Crippen LogP contribution in [0.25, 0.3) is 10.8 Å². The Kier molecular flexibility index (Phi) is 4.30. The third-order valence-corrected chi connectivity index (χ3v) is 3.43. The van der Waals surface area contributed by atoms with Gasteiger partial charge in [0.25, 0.3) is 0 Å². The van der Waals surface area contributed by atoms with Gasteiger partial charge in [-0.1, -0.05) is 30.3 Å². The summed E-state index contributed by atoms with van der Waals surface area (Å²) >= 11 is 0. The third kappa shape index (κ3) is 2.25. The number of allylic oxidation sites excluding steroid dienone is 1. The van der Waals surface area contributed by atoms with Crippen LogP contribution < -0.4 is 9.47 Å². The maximum absolute atomic E-state index is 10.2. The van der Waals surface area contributed by atoms with E-state index in [-0.39, 0.29) is 0 Å². The predicted molar refractivity (Wildman–Crippen MR) is 81.6 cm³/mol. The molecule has 0 saturated carbocycles. The minimum atomic E-state index is -0.640. The zero-order chi connectivity index (χ0) is 14.7. The standard InChI is InChI=1S/C17H20O3/c1-5-8-14-15(11(2)18)17(20-4)13-10-7-6-9-12(13)16(14)19-3/h5-7,9-11,18H,1,8H2,2-4H3. The van der Waals surface area contributed by atoms with Crippen LogP contribution in [-0.2, 0) is 6.42 Å². The van der Waals surface area contributed by atoms with E-state index in [2.05, 4.69) is 6.58 Å². The Morgan fingerprint density at radius 2 is 1.70 bits per heavy atom. The Hall–Kier alpha value is -2.00. The van der Waals surface area contributed by atoms with Crippen LogP contribution in [0.5, 0.6) is 11.5 Å². The van der Waals surface area contributed by atoms with Crippen molar-refractivity contribution in [1.29, 1.82) is 0 Å². The normalized spacial score (nSPS) is 12.2. The van der Waals surface area contributed by atoms with E-state index in [9.17, 15) is 5.11 Å². The zero-order valence-electron chi connectivity index (χ0n) is 12.1. The van der Waals surface area contributed by atoms with Crippen LogP contribution in [0, 0.1) is 0 Å². The number of hydrogen-bond donors (Lipinski definition) is 1. The summed E-state index contributed by atoms with van der Waals surface area (Å²) in [5.74, 6) is 1.48. The Balaban J connectivity index is 2.96. The van der Waals surface area contributed by atoms with Crippen LogP contribution >= 0.6 is 0 Å². The van der Waals surface area contributed by atoms with Crippen LogP contribution in [0.15, 0.2) is 36.9 Å². The minimum Gasteiger partial charge on any atom is -0.496 e. The highest BCUT2D eigenvalue weighted by Gasteiger charge is 2.22. The molecule has 106 valence electrons. The van der Waals surface area contributed by atoms with Gasteiger partial charge >= 0.3 is 0 Å². The van der Waals surface area contributed by atoms with Gasteiger partial charge in [-0.3, -0.25) is 0 Å². The molecule has 0 aliphatic rings. The molecular formula is C17H20O3. The van der Waals surface area contributed by atoms with Crippen molar-refractivity contribution in [1.82, 2.24) is 0 Å². The number of rotatable bonds is 5. The molecule has 1 atom stereocenters. The summed E-state index contributed by atoms with van der Waals surface area (Å²) in [6.45, 7) is 5.52. The molecule has 1 N–H and O–H groups in total. The van der Waals surface area contributed by atoms with E-state index in [0.717, 1.165) is 27.6 Å². The molecular weight excluding hydrogens is 252 g/mol. The van der Waals surface area contributed by atoms with Crippen molar-refractivity contribution in [2.75, 3.05) is 14.2 Å². The molecule has 0 bridgehead atoms. The Morgan fingerprint density at radius 3 is 2.15 bits per heavy atom. The van der Waals surface area contributed by atoms with Gasteiger partial charge in [0.15, 0.2) is 0 Å². The van der Waals surface area contributed by atoms with Gasteiger partial charge in [0.05, 0.1) is 20.3 Å². The average Bonchev–Trinajstić information content (AvgIpc) is 2.45. The Labute approximate surface area is 119 Å². The molecule has 0 aliphatic carbocycles. The highest BCUT2D eigenvalue weighted by Crippen LogP contribution is 2.43. The fourth-order valence-electron chi connectivity index (χ4n) is 2.69. The summed E-state index contributed by atoms with van der Waals surface area (Å²) in [5.41, 5.74) is 1.69. The van der Waals surface area contributed by atoms with E-state index < -0.39 is 6.10 Å². The molecule has 0 fully saturated rings. The second kappa shape index (κ2) is 5.97. The maximum Gasteiger partial charge on any atom is 0.133 e. The lowest BCUT2D eigenvalue weighted by Crippen LogP contribution is -2.05. The molecule has 0 radical (unpaired) electrons. The summed E-state index contributed by atoms with van der Waals surface area (Å²) < 4.78 is 11.1. The van der Waals surface area contributed by atoms with E-state index in [1.807, 2.05) is 24.3 Å². The van der Waals surface area contributed by atoms with Gasteiger partial charge in [0.2, 0.25) is 0 Å². The number of aliphatic hydroxyl groups is 1. The van der Waals surface area contributed by atoms with Crippen molar-refractivity contribution < 1.29 is 14.6 Å². The zero-order valence-corrected chi connectivity index (χ0v) is 12.1. The van der Waals surface area contributed by atoms with Gasteiger partial charge in [-0.15, -0.1) is 6.58 Å².